The van der Waals surface area contributed by atoms with E-state index in [4.69, 9.17) is 4.98 Å². The van der Waals surface area contributed by atoms with Gasteiger partial charge in [-0.3, -0.25) is 9.55 Å². The van der Waals surface area contributed by atoms with Crippen molar-refractivity contribution in [1.82, 2.24) is 19.5 Å². The summed E-state index contributed by atoms with van der Waals surface area (Å²) in [5.74, 6) is 0.993. The number of aromatic nitrogens is 4. The summed E-state index contributed by atoms with van der Waals surface area (Å²) in [4.78, 5) is 13.3. The van der Waals surface area contributed by atoms with Crippen molar-refractivity contribution >= 4 is 21.9 Å². The predicted molar refractivity (Wildman–Crippen MR) is 147 cm³/mol. The molecule has 4 heteroatoms. The van der Waals surface area contributed by atoms with Crippen LogP contribution in [-0.4, -0.2) is 19.5 Å². The fourth-order valence-electron chi connectivity index (χ4n) is 4.92. The summed E-state index contributed by atoms with van der Waals surface area (Å²) in [5, 5.41) is 2.32. The molecule has 0 aliphatic heterocycles. The average Bonchev–Trinajstić information content (AvgIpc) is 3.56. The van der Waals surface area contributed by atoms with Gasteiger partial charge in [-0.05, 0) is 54.1 Å². The highest BCUT2D eigenvalue weighted by molar-refractivity contribution is 6.08. The molecule has 4 aromatic heterocycles. The maximum absolute atomic E-state index is 5.20. The molecule has 0 spiro atoms. The molecule has 4 heterocycles. The highest BCUT2D eigenvalue weighted by atomic mass is 15.1. The van der Waals surface area contributed by atoms with Gasteiger partial charge in [0.05, 0.1) is 16.9 Å². The summed E-state index contributed by atoms with van der Waals surface area (Å²) in [7, 11) is 0. The van der Waals surface area contributed by atoms with Gasteiger partial charge < -0.3 is 4.98 Å². The molecule has 0 aliphatic carbocycles. The van der Waals surface area contributed by atoms with Crippen molar-refractivity contribution in [3.63, 3.8) is 0 Å². The Labute approximate surface area is 208 Å². The third-order valence-electron chi connectivity index (χ3n) is 6.64. The Morgan fingerprint density at radius 1 is 0.556 bits per heavy atom. The molecule has 7 rings (SSSR count). The fourth-order valence-corrected chi connectivity index (χ4v) is 4.92. The SMILES string of the molecule is c1ccc(-c2ccc(-n3c4ccccc4c4ccc(-c5cccc(-c6ccccn6)c5)nc43)[nH]2)cc1. The molecule has 1 N–H and O–H groups in total. The molecule has 0 fully saturated rings. The Balaban J connectivity index is 1.41. The molecule has 7 aromatic rings. The largest absolute Gasteiger partial charge is 0.341 e. The first-order valence-corrected chi connectivity index (χ1v) is 12.0. The molecular weight excluding hydrogens is 440 g/mol. The van der Waals surface area contributed by atoms with Crippen molar-refractivity contribution in [2.75, 3.05) is 0 Å². The summed E-state index contributed by atoms with van der Waals surface area (Å²) in [5.41, 5.74) is 8.31. The Bertz CT molecular complexity index is 1830. The molecule has 0 saturated heterocycles. The van der Waals surface area contributed by atoms with E-state index in [1.165, 1.54) is 5.39 Å². The molecule has 4 nitrogen and oxygen atoms in total. The number of hydrogen-bond acceptors (Lipinski definition) is 2. The lowest BCUT2D eigenvalue weighted by molar-refractivity contribution is 1.08. The van der Waals surface area contributed by atoms with Crippen LogP contribution in [0.4, 0.5) is 0 Å². The van der Waals surface area contributed by atoms with Crippen molar-refractivity contribution in [3.05, 3.63) is 128 Å². The zero-order chi connectivity index (χ0) is 23.9. The van der Waals surface area contributed by atoms with Crippen molar-refractivity contribution in [2.45, 2.75) is 0 Å². The number of rotatable bonds is 4. The molecule has 3 aromatic carbocycles. The van der Waals surface area contributed by atoms with Crippen molar-refractivity contribution in [1.29, 1.82) is 0 Å². The number of aromatic amines is 1. The normalized spacial score (nSPS) is 11.3. The Hall–Kier alpha value is -4.96. The van der Waals surface area contributed by atoms with E-state index in [0.717, 1.165) is 56.1 Å². The molecule has 36 heavy (non-hydrogen) atoms. The van der Waals surface area contributed by atoms with Crippen LogP contribution < -0.4 is 0 Å². The van der Waals surface area contributed by atoms with E-state index in [1.807, 2.05) is 30.5 Å². The van der Waals surface area contributed by atoms with Gasteiger partial charge in [-0.1, -0.05) is 72.8 Å². The van der Waals surface area contributed by atoms with Gasteiger partial charge in [0.15, 0.2) is 0 Å². The van der Waals surface area contributed by atoms with Gasteiger partial charge in [0.25, 0.3) is 0 Å². The van der Waals surface area contributed by atoms with Gasteiger partial charge in [-0.25, -0.2) is 4.98 Å². The van der Waals surface area contributed by atoms with Crippen LogP contribution in [0.25, 0.3) is 61.5 Å². The van der Waals surface area contributed by atoms with Gasteiger partial charge in [-0.2, -0.15) is 0 Å². The second-order valence-electron chi connectivity index (χ2n) is 8.84. The summed E-state index contributed by atoms with van der Waals surface area (Å²) in [6.45, 7) is 0. The van der Waals surface area contributed by atoms with Crippen LogP contribution in [0, 0.1) is 0 Å². The molecule has 170 valence electrons. The molecule has 0 aliphatic rings. The zero-order valence-corrected chi connectivity index (χ0v) is 19.5. The minimum atomic E-state index is 0.929. The molecule has 0 saturated carbocycles. The van der Waals surface area contributed by atoms with Gasteiger partial charge in [0, 0.05) is 33.8 Å². The smallest absolute Gasteiger partial charge is 0.147 e. The number of pyridine rings is 2. The minimum Gasteiger partial charge on any atom is -0.341 e. The topological polar surface area (TPSA) is 46.5 Å². The first kappa shape index (κ1) is 20.4. The number of hydrogen-bond donors (Lipinski definition) is 1. The van der Waals surface area contributed by atoms with Crippen LogP contribution in [-0.2, 0) is 0 Å². The average molecular weight is 463 g/mol. The predicted octanol–water partition coefficient (Wildman–Crippen LogP) is 7.90. The minimum absolute atomic E-state index is 0.929. The van der Waals surface area contributed by atoms with Crippen LogP contribution in [0.15, 0.2) is 128 Å². The van der Waals surface area contributed by atoms with Crippen LogP contribution in [0.1, 0.15) is 0 Å². The maximum atomic E-state index is 5.20. The highest BCUT2D eigenvalue weighted by Crippen LogP contribution is 2.34. The Morgan fingerprint density at radius 2 is 1.33 bits per heavy atom. The first-order chi connectivity index (χ1) is 17.8. The van der Waals surface area contributed by atoms with Crippen molar-refractivity contribution in [3.8, 4) is 39.6 Å². The Kier molecular flexibility index (Phi) is 4.74. The second-order valence-corrected chi connectivity index (χ2v) is 8.84. The quantitative estimate of drug-likeness (QED) is 0.289. The summed E-state index contributed by atoms with van der Waals surface area (Å²) >= 11 is 0. The van der Waals surface area contributed by atoms with Crippen LogP contribution in [0.5, 0.6) is 0 Å². The van der Waals surface area contributed by atoms with E-state index in [-0.39, 0.29) is 0 Å². The molecule has 0 atom stereocenters. The van der Waals surface area contributed by atoms with Crippen molar-refractivity contribution in [2.24, 2.45) is 0 Å². The third kappa shape index (κ3) is 3.39. The number of H-pyrrole nitrogens is 1. The molecule has 0 amide bonds. The monoisotopic (exact) mass is 462 g/mol. The summed E-state index contributed by atoms with van der Waals surface area (Å²) in [6, 6.07) is 41.8. The van der Waals surface area contributed by atoms with E-state index in [2.05, 4.69) is 112 Å². The molecule has 0 unspecified atom stereocenters. The zero-order valence-electron chi connectivity index (χ0n) is 19.5. The van der Waals surface area contributed by atoms with Gasteiger partial charge >= 0.3 is 0 Å². The lowest BCUT2D eigenvalue weighted by Crippen LogP contribution is -1.97. The maximum Gasteiger partial charge on any atom is 0.147 e. The van der Waals surface area contributed by atoms with E-state index in [1.54, 1.807) is 0 Å². The summed E-state index contributed by atoms with van der Waals surface area (Å²) < 4.78 is 2.23. The number of para-hydroxylation sites is 1. The first-order valence-electron chi connectivity index (χ1n) is 12.0. The molecule has 0 radical (unpaired) electrons. The molecule has 0 bridgehead atoms. The highest BCUT2D eigenvalue weighted by Gasteiger charge is 2.16. The fraction of sp³-hybridized carbons (Fsp3) is 0. The van der Waals surface area contributed by atoms with Crippen molar-refractivity contribution < 1.29 is 0 Å². The standard InChI is InChI=1S/C32H22N4/c1-2-9-22(10-3-1)28-18-19-31(34-28)36-30-15-5-4-13-25(30)26-16-17-29(35-32(26)36)24-12-8-11-23(21-24)27-14-6-7-20-33-27/h1-21,34H. The van der Waals surface area contributed by atoms with Crippen LogP contribution in [0.2, 0.25) is 0 Å². The van der Waals surface area contributed by atoms with E-state index in [9.17, 15) is 0 Å². The molecular formula is C32H22N4. The van der Waals surface area contributed by atoms with E-state index < -0.39 is 0 Å². The van der Waals surface area contributed by atoms with E-state index >= 15 is 0 Å². The third-order valence-corrected chi connectivity index (χ3v) is 6.64. The summed E-state index contributed by atoms with van der Waals surface area (Å²) in [6.07, 6.45) is 1.82. The van der Waals surface area contributed by atoms with Gasteiger partial charge in [-0.15, -0.1) is 0 Å². The number of nitrogens with one attached hydrogen (secondary N) is 1. The van der Waals surface area contributed by atoms with Crippen LogP contribution in [0.3, 0.4) is 0 Å². The van der Waals surface area contributed by atoms with Crippen LogP contribution >= 0.6 is 0 Å². The number of fused-ring (bicyclic) bond motifs is 3. The second kappa shape index (κ2) is 8.36. The van der Waals surface area contributed by atoms with E-state index in [0.29, 0.717) is 0 Å². The van der Waals surface area contributed by atoms with Gasteiger partial charge in [0.1, 0.15) is 11.5 Å². The Morgan fingerprint density at radius 3 is 2.19 bits per heavy atom. The number of nitrogens with zero attached hydrogens (tertiary/aromatic N) is 3. The lowest BCUT2D eigenvalue weighted by atomic mass is 10.0. The van der Waals surface area contributed by atoms with Gasteiger partial charge in [0.2, 0.25) is 0 Å². The number of benzene rings is 3. The lowest BCUT2D eigenvalue weighted by Gasteiger charge is -2.08.